The van der Waals surface area contributed by atoms with Crippen molar-refractivity contribution < 1.29 is 4.39 Å². The topological polar surface area (TPSA) is 29.3 Å². The predicted molar refractivity (Wildman–Crippen MR) is 73.1 cm³/mol. The second kappa shape index (κ2) is 5.36. The maximum Gasteiger partial charge on any atom is 0.107 e. The SMILES string of the molecule is NC1(CF)CCCN(c2ccccc2Br)CC1. The maximum absolute atomic E-state index is 12.9. The number of benzene rings is 1. The van der Waals surface area contributed by atoms with Crippen LogP contribution in [0.5, 0.6) is 0 Å². The van der Waals surface area contributed by atoms with Crippen LogP contribution in [0.3, 0.4) is 0 Å². The van der Waals surface area contributed by atoms with Crippen LogP contribution in [-0.4, -0.2) is 25.3 Å². The lowest BCUT2D eigenvalue weighted by atomic mass is 9.94. The molecule has 1 atom stereocenters. The third-order valence-corrected chi connectivity index (χ3v) is 4.11. The molecule has 0 radical (unpaired) electrons. The van der Waals surface area contributed by atoms with Gasteiger partial charge in [-0.3, -0.25) is 0 Å². The van der Waals surface area contributed by atoms with Gasteiger partial charge in [0.2, 0.25) is 0 Å². The summed E-state index contributed by atoms with van der Waals surface area (Å²) < 4.78 is 14.0. The molecule has 1 aromatic carbocycles. The summed E-state index contributed by atoms with van der Waals surface area (Å²) in [6, 6.07) is 8.14. The molecule has 0 bridgehead atoms. The van der Waals surface area contributed by atoms with E-state index in [-0.39, 0.29) is 0 Å². The first kappa shape index (κ1) is 12.8. The maximum atomic E-state index is 12.9. The lowest BCUT2D eigenvalue weighted by molar-refractivity contribution is 0.282. The van der Waals surface area contributed by atoms with Crippen molar-refractivity contribution in [3.8, 4) is 0 Å². The Labute approximate surface area is 110 Å². The Morgan fingerprint density at radius 1 is 1.29 bits per heavy atom. The highest BCUT2D eigenvalue weighted by Crippen LogP contribution is 2.29. The molecule has 1 aliphatic heterocycles. The zero-order chi connectivity index (χ0) is 12.3. The third kappa shape index (κ3) is 2.99. The summed E-state index contributed by atoms with van der Waals surface area (Å²) >= 11 is 3.56. The fourth-order valence-corrected chi connectivity index (χ4v) is 2.83. The zero-order valence-corrected chi connectivity index (χ0v) is 11.4. The van der Waals surface area contributed by atoms with E-state index < -0.39 is 12.2 Å². The summed E-state index contributed by atoms with van der Waals surface area (Å²) in [6.07, 6.45) is 2.43. The number of nitrogens with zero attached hydrogens (tertiary/aromatic N) is 1. The van der Waals surface area contributed by atoms with Crippen molar-refractivity contribution in [3.63, 3.8) is 0 Å². The molecule has 17 heavy (non-hydrogen) atoms. The highest BCUT2D eigenvalue weighted by atomic mass is 79.9. The number of nitrogens with two attached hydrogens (primary N) is 1. The summed E-state index contributed by atoms with van der Waals surface area (Å²) in [5, 5.41) is 0. The summed E-state index contributed by atoms with van der Waals surface area (Å²) in [5.41, 5.74) is 6.58. The lowest BCUT2D eigenvalue weighted by Crippen LogP contribution is -2.43. The molecular weight excluding hydrogens is 283 g/mol. The second-order valence-electron chi connectivity index (χ2n) is 4.79. The van der Waals surface area contributed by atoms with Crippen LogP contribution in [0.1, 0.15) is 19.3 Å². The standard InChI is InChI=1S/C13H18BrFN2/c14-11-4-1-2-5-12(11)17-8-3-6-13(16,10-15)7-9-17/h1-2,4-5H,3,6-10,16H2. The minimum atomic E-state index is -0.615. The fourth-order valence-electron chi connectivity index (χ4n) is 2.30. The van der Waals surface area contributed by atoms with E-state index in [0.29, 0.717) is 6.42 Å². The van der Waals surface area contributed by atoms with Crippen LogP contribution >= 0.6 is 15.9 Å². The Hall–Kier alpha value is -0.610. The quantitative estimate of drug-likeness (QED) is 0.909. The zero-order valence-electron chi connectivity index (χ0n) is 9.83. The van der Waals surface area contributed by atoms with E-state index in [4.69, 9.17) is 5.73 Å². The molecule has 0 spiro atoms. The molecule has 1 aliphatic rings. The highest BCUT2D eigenvalue weighted by molar-refractivity contribution is 9.10. The molecule has 2 rings (SSSR count). The van der Waals surface area contributed by atoms with E-state index in [1.54, 1.807) is 0 Å². The minimum absolute atomic E-state index is 0.420. The summed E-state index contributed by atoms with van der Waals surface area (Å²) in [7, 11) is 0. The van der Waals surface area contributed by atoms with E-state index >= 15 is 0 Å². The molecule has 1 saturated heterocycles. The number of hydrogen-bond acceptors (Lipinski definition) is 2. The average Bonchev–Trinajstić information content (AvgIpc) is 2.53. The number of hydrogen-bond donors (Lipinski definition) is 1. The monoisotopic (exact) mass is 300 g/mol. The Balaban J connectivity index is 2.12. The molecule has 0 amide bonds. The van der Waals surface area contributed by atoms with Gasteiger partial charge in [-0.1, -0.05) is 12.1 Å². The van der Waals surface area contributed by atoms with Gasteiger partial charge in [0.1, 0.15) is 6.67 Å². The smallest absolute Gasteiger partial charge is 0.107 e. The van der Waals surface area contributed by atoms with Crippen LogP contribution in [0.15, 0.2) is 28.7 Å². The van der Waals surface area contributed by atoms with Gasteiger partial charge in [0, 0.05) is 23.1 Å². The van der Waals surface area contributed by atoms with E-state index in [0.717, 1.165) is 30.4 Å². The van der Waals surface area contributed by atoms with Gasteiger partial charge in [0.15, 0.2) is 0 Å². The van der Waals surface area contributed by atoms with Gasteiger partial charge in [-0.25, -0.2) is 4.39 Å². The van der Waals surface area contributed by atoms with Crippen LogP contribution in [0.25, 0.3) is 0 Å². The van der Waals surface area contributed by atoms with Crippen molar-refractivity contribution in [3.05, 3.63) is 28.7 Å². The Bertz CT molecular complexity index is 385. The molecule has 0 aliphatic carbocycles. The molecule has 2 N–H and O–H groups in total. The van der Waals surface area contributed by atoms with Gasteiger partial charge >= 0.3 is 0 Å². The number of alkyl halides is 1. The van der Waals surface area contributed by atoms with Crippen molar-refractivity contribution in [1.29, 1.82) is 0 Å². The van der Waals surface area contributed by atoms with Crippen LogP contribution in [0, 0.1) is 0 Å². The summed E-state index contributed by atoms with van der Waals surface area (Å²) in [5.74, 6) is 0. The van der Waals surface area contributed by atoms with E-state index in [1.165, 1.54) is 5.69 Å². The molecule has 0 aromatic heterocycles. The Kier molecular flexibility index (Phi) is 4.05. The first-order valence-electron chi connectivity index (χ1n) is 5.99. The van der Waals surface area contributed by atoms with Gasteiger partial charge in [0.05, 0.1) is 5.69 Å². The molecular formula is C13H18BrFN2. The largest absolute Gasteiger partial charge is 0.371 e. The van der Waals surface area contributed by atoms with Gasteiger partial charge in [-0.2, -0.15) is 0 Å². The minimum Gasteiger partial charge on any atom is -0.371 e. The molecule has 2 nitrogen and oxygen atoms in total. The van der Waals surface area contributed by atoms with Crippen LogP contribution < -0.4 is 10.6 Å². The first-order chi connectivity index (χ1) is 8.14. The lowest BCUT2D eigenvalue weighted by Gasteiger charge is -2.26. The average molecular weight is 301 g/mol. The molecule has 4 heteroatoms. The molecule has 0 saturated carbocycles. The van der Waals surface area contributed by atoms with E-state index in [2.05, 4.69) is 26.9 Å². The van der Waals surface area contributed by atoms with Crippen molar-refractivity contribution >= 4 is 21.6 Å². The number of halogens is 2. The number of rotatable bonds is 2. The van der Waals surface area contributed by atoms with Crippen molar-refractivity contribution in [2.45, 2.75) is 24.8 Å². The Morgan fingerprint density at radius 2 is 2.06 bits per heavy atom. The van der Waals surface area contributed by atoms with Gasteiger partial charge < -0.3 is 10.6 Å². The molecule has 94 valence electrons. The van der Waals surface area contributed by atoms with Gasteiger partial charge in [-0.15, -0.1) is 0 Å². The highest BCUT2D eigenvalue weighted by Gasteiger charge is 2.28. The van der Waals surface area contributed by atoms with Crippen molar-refractivity contribution in [2.75, 3.05) is 24.7 Å². The fraction of sp³-hybridized carbons (Fsp3) is 0.538. The van der Waals surface area contributed by atoms with Crippen LogP contribution in [0.4, 0.5) is 10.1 Å². The summed E-state index contributed by atoms with van der Waals surface area (Å²) in [6.45, 7) is 1.35. The molecule has 1 aromatic rings. The molecule has 1 unspecified atom stereocenters. The predicted octanol–water partition coefficient (Wildman–Crippen LogP) is 3.11. The van der Waals surface area contributed by atoms with Crippen LogP contribution in [0.2, 0.25) is 0 Å². The summed E-state index contributed by atoms with van der Waals surface area (Å²) in [4.78, 5) is 2.29. The van der Waals surface area contributed by atoms with Crippen LogP contribution in [-0.2, 0) is 0 Å². The van der Waals surface area contributed by atoms with E-state index in [1.807, 2.05) is 18.2 Å². The van der Waals surface area contributed by atoms with E-state index in [9.17, 15) is 4.39 Å². The first-order valence-corrected chi connectivity index (χ1v) is 6.78. The molecule has 1 fully saturated rings. The second-order valence-corrected chi connectivity index (χ2v) is 5.64. The normalized spacial score (nSPS) is 25.7. The Morgan fingerprint density at radius 3 is 2.76 bits per heavy atom. The number of anilines is 1. The molecule has 1 heterocycles. The van der Waals surface area contributed by atoms with Gasteiger partial charge in [0.25, 0.3) is 0 Å². The van der Waals surface area contributed by atoms with Crippen molar-refractivity contribution in [2.24, 2.45) is 5.73 Å². The van der Waals surface area contributed by atoms with Gasteiger partial charge in [-0.05, 0) is 47.3 Å². The number of para-hydroxylation sites is 1. The third-order valence-electron chi connectivity index (χ3n) is 3.44. The van der Waals surface area contributed by atoms with Crippen molar-refractivity contribution in [1.82, 2.24) is 0 Å².